The molecule has 5 atom stereocenters. The summed E-state index contributed by atoms with van der Waals surface area (Å²) in [6.45, 7) is 3.53. The van der Waals surface area contributed by atoms with E-state index >= 15 is 0 Å². The lowest BCUT2D eigenvalue weighted by Gasteiger charge is -2.54. The number of carboxylic acids is 1. The fraction of sp³-hybridized carbons (Fsp3) is 0.609. The van der Waals surface area contributed by atoms with Crippen LogP contribution in [0.15, 0.2) is 24.4 Å². The molecule has 3 unspecified atom stereocenters. The first-order chi connectivity index (χ1) is 13.5. The van der Waals surface area contributed by atoms with E-state index < -0.39 is 17.5 Å². The number of aromatic nitrogens is 1. The summed E-state index contributed by atoms with van der Waals surface area (Å²) in [4.78, 5) is 18.5. The molecule has 2 aromatic rings. The van der Waals surface area contributed by atoms with Gasteiger partial charge in [-0.25, -0.2) is 0 Å². The molecule has 1 saturated carbocycles. The zero-order chi connectivity index (χ0) is 19.5. The Morgan fingerprint density at radius 2 is 2.14 bits per heavy atom. The molecule has 3 aliphatic rings. The van der Waals surface area contributed by atoms with Crippen LogP contribution in [0.4, 0.5) is 0 Å². The minimum absolute atomic E-state index is 0.152. The summed E-state index contributed by atoms with van der Waals surface area (Å²) in [7, 11) is 0. The van der Waals surface area contributed by atoms with Crippen LogP contribution in [0.5, 0.6) is 0 Å². The number of benzene rings is 1. The molecule has 1 saturated heterocycles. The number of carbonyl (C=O) groups is 1. The molecule has 2 heterocycles. The number of hydrogen-bond acceptors (Lipinski definition) is 3. The largest absolute Gasteiger partial charge is 0.481 e. The summed E-state index contributed by atoms with van der Waals surface area (Å²) in [5.74, 6) is -0.672. The number of aliphatic hydroxyl groups excluding tert-OH is 1. The van der Waals surface area contributed by atoms with Crippen molar-refractivity contribution < 1.29 is 15.0 Å². The fourth-order valence-corrected chi connectivity index (χ4v) is 6.58. The third-order valence-corrected chi connectivity index (χ3v) is 7.92. The monoisotopic (exact) mass is 382 g/mol. The van der Waals surface area contributed by atoms with E-state index in [2.05, 4.69) is 41.2 Å². The number of aliphatic hydroxyl groups is 1. The van der Waals surface area contributed by atoms with E-state index in [9.17, 15) is 15.0 Å². The van der Waals surface area contributed by atoms with Gasteiger partial charge in [0.05, 0.1) is 11.5 Å². The molecular formula is C23H30N2O3. The molecule has 5 heteroatoms. The van der Waals surface area contributed by atoms with E-state index in [0.29, 0.717) is 19.0 Å². The Labute approximate surface area is 165 Å². The molecule has 5 rings (SSSR count). The maximum Gasteiger partial charge on any atom is 0.311 e. The van der Waals surface area contributed by atoms with Gasteiger partial charge in [-0.2, -0.15) is 0 Å². The third-order valence-electron chi connectivity index (χ3n) is 7.92. The summed E-state index contributed by atoms with van der Waals surface area (Å²) in [6, 6.07) is 6.73. The fourth-order valence-electron chi connectivity index (χ4n) is 6.58. The second kappa shape index (κ2) is 6.60. The highest BCUT2D eigenvalue weighted by atomic mass is 16.4. The Balaban J connectivity index is 1.63. The summed E-state index contributed by atoms with van der Waals surface area (Å²) in [5, 5.41) is 22.5. The lowest BCUT2D eigenvalue weighted by molar-refractivity contribution is -0.167. The summed E-state index contributed by atoms with van der Waals surface area (Å²) >= 11 is 0. The standard InChI is InChI=1S/C23H30N2O3/c1-2-25-13-23(22(27)28,17-7-3-4-9-20(17)26)11-16-15-6-5-8-18-21(15)14(12-24-18)10-19(16)25/h5-6,8,12,16-17,19-20,24,26H,2-4,7,9-11,13H2,1H3,(H,27,28)/t16-,17?,19-,20?,23?/m1/s1. The number of likely N-dealkylation sites (tertiary alicyclic amines) is 1. The maximum absolute atomic E-state index is 12.8. The molecule has 0 spiro atoms. The van der Waals surface area contributed by atoms with E-state index in [-0.39, 0.29) is 11.8 Å². The zero-order valence-corrected chi connectivity index (χ0v) is 16.5. The topological polar surface area (TPSA) is 76.6 Å². The number of hydrogen-bond donors (Lipinski definition) is 3. The van der Waals surface area contributed by atoms with Gasteiger partial charge < -0.3 is 15.2 Å². The number of rotatable bonds is 3. The van der Waals surface area contributed by atoms with Crippen molar-refractivity contribution in [3.8, 4) is 0 Å². The molecule has 0 amide bonds. The van der Waals surface area contributed by atoms with Crippen molar-refractivity contribution >= 4 is 16.9 Å². The summed E-state index contributed by atoms with van der Waals surface area (Å²) in [5.41, 5.74) is 2.93. The van der Waals surface area contributed by atoms with Gasteiger partial charge >= 0.3 is 5.97 Å². The molecule has 3 N–H and O–H groups in total. The average Bonchev–Trinajstić information content (AvgIpc) is 3.12. The highest BCUT2D eigenvalue weighted by molar-refractivity contribution is 5.88. The van der Waals surface area contributed by atoms with Crippen LogP contribution < -0.4 is 0 Å². The number of carboxylic acid groups (broad SMARTS) is 1. The smallest absolute Gasteiger partial charge is 0.311 e. The number of likely N-dealkylation sites (N-methyl/N-ethyl adjacent to an activating group) is 1. The average molecular weight is 383 g/mol. The van der Waals surface area contributed by atoms with E-state index in [1.54, 1.807) is 0 Å². The van der Waals surface area contributed by atoms with Gasteiger partial charge in [0.2, 0.25) is 0 Å². The van der Waals surface area contributed by atoms with Crippen molar-refractivity contribution in [3.05, 3.63) is 35.5 Å². The van der Waals surface area contributed by atoms with Crippen molar-refractivity contribution in [1.29, 1.82) is 0 Å². The van der Waals surface area contributed by atoms with Crippen LogP contribution in [-0.4, -0.2) is 51.3 Å². The molecule has 1 aromatic carbocycles. The molecule has 1 aliphatic heterocycles. The second-order valence-electron chi connectivity index (χ2n) is 9.15. The van der Waals surface area contributed by atoms with Crippen LogP contribution in [0.2, 0.25) is 0 Å². The Bertz CT molecular complexity index is 906. The molecule has 0 bridgehead atoms. The van der Waals surface area contributed by atoms with Gasteiger partial charge in [0.15, 0.2) is 0 Å². The SMILES string of the molecule is CCN1CC(C(=O)O)(C2CCCCC2O)C[C@@H]2c3cccc4[nH]cc(c34)C[C@H]21. The number of nitrogens with one attached hydrogen (secondary N) is 1. The quantitative estimate of drug-likeness (QED) is 0.759. The molecule has 150 valence electrons. The number of fused-ring (bicyclic) bond motifs is 2. The normalized spacial score (nSPS) is 35.6. The molecule has 28 heavy (non-hydrogen) atoms. The van der Waals surface area contributed by atoms with Gasteiger partial charge in [-0.3, -0.25) is 9.69 Å². The van der Waals surface area contributed by atoms with Gasteiger partial charge in [0.1, 0.15) is 0 Å². The molecule has 2 aliphatic carbocycles. The zero-order valence-electron chi connectivity index (χ0n) is 16.5. The molecule has 1 aromatic heterocycles. The van der Waals surface area contributed by atoms with Crippen LogP contribution in [0.25, 0.3) is 10.9 Å². The van der Waals surface area contributed by atoms with Crippen molar-refractivity contribution in [1.82, 2.24) is 9.88 Å². The summed E-state index contributed by atoms with van der Waals surface area (Å²) in [6.07, 6.45) is 6.81. The van der Waals surface area contributed by atoms with E-state index in [1.165, 1.54) is 16.5 Å². The van der Waals surface area contributed by atoms with Gasteiger partial charge in [-0.15, -0.1) is 0 Å². The highest BCUT2D eigenvalue weighted by Gasteiger charge is 2.56. The second-order valence-corrected chi connectivity index (χ2v) is 9.15. The lowest BCUT2D eigenvalue weighted by Crippen LogP contribution is -2.61. The van der Waals surface area contributed by atoms with Gasteiger partial charge in [-0.05, 0) is 49.4 Å². The Morgan fingerprint density at radius 3 is 2.89 bits per heavy atom. The van der Waals surface area contributed by atoms with Crippen molar-refractivity contribution in [2.75, 3.05) is 13.1 Å². The lowest BCUT2D eigenvalue weighted by atomic mass is 9.58. The molecule has 5 nitrogen and oxygen atoms in total. The van der Waals surface area contributed by atoms with Crippen LogP contribution in [-0.2, 0) is 11.2 Å². The predicted octanol–water partition coefficient (Wildman–Crippen LogP) is 3.52. The molecular weight excluding hydrogens is 352 g/mol. The summed E-state index contributed by atoms with van der Waals surface area (Å²) < 4.78 is 0. The van der Waals surface area contributed by atoms with Crippen LogP contribution in [0.1, 0.15) is 56.1 Å². The maximum atomic E-state index is 12.8. The first kappa shape index (κ1) is 18.2. The van der Waals surface area contributed by atoms with Gasteiger partial charge in [0.25, 0.3) is 0 Å². The highest BCUT2D eigenvalue weighted by Crippen LogP contribution is 2.53. The van der Waals surface area contributed by atoms with Crippen molar-refractivity contribution in [3.63, 3.8) is 0 Å². The Morgan fingerprint density at radius 1 is 1.32 bits per heavy atom. The number of aliphatic carboxylic acids is 1. The van der Waals surface area contributed by atoms with Crippen LogP contribution in [0, 0.1) is 11.3 Å². The first-order valence-electron chi connectivity index (χ1n) is 10.8. The number of H-pyrrole nitrogens is 1. The molecule has 0 radical (unpaired) electrons. The third kappa shape index (κ3) is 2.49. The number of nitrogens with zero attached hydrogens (tertiary/aromatic N) is 1. The van der Waals surface area contributed by atoms with E-state index in [1.807, 2.05) is 0 Å². The Kier molecular flexibility index (Phi) is 4.29. The van der Waals surface area contributed by atoms with E-state index in [4.69, 9.17) is 0 Å². The predicted molar refractivity (Wildman–Crippen MR) is 108 cm³/mol. The molecule has 2 fully saturated rings. The van der Waals surface area contributed by atoms with E-state index in [0.717, 1.165) is 44.2 Å². The van der Waals surface area contributed by atoms with Gasteiger partial charge in [-0.1, -0.05) is 31.9 Å². The number of piperidine rings is 1. The Hall–Kier alpha value is -1.85. The van der Waals surface area contributed by atoms with Crippen LogP contribution >= 0.6 is 0 Å². The van der Waals surface area contributed by atoms with Gasteiger partial charge in [0, 0.05) is 41.5 Å². The van der Waals surface area contributed by atoms with Crippen molar-refractivity contribution in [2.45, 2.75) is 63.5 Å². The van der Waals surface area contributed by atoms with Crippen LogP contribution in [0.3, 0.4) is 0 Å². The minimum atomic E-state index is -0.868. The number of aromatic amines is 1. The first-order valence-corrected chi connectivity index (χ1v) is 10.8. The minimum Gasteiger partial charge on any atom is -0.481 e. The van der Waals surface area contributed by atoms with Crippen molar-refractivity contribution in [2.24, 2.45) is 11.3 Å².